The largest absolute Gasteiger partial charge is 0.394 e. The van der Waals surface area contributed by atoms with Gasteiger partial charge in [-0.2, -0.15) is 0 Å². The number of hydrogen-bond donors (Lipinski definition) is 1. The molecule has 2 aliphatic rings. The molecule has 0 radical (unpaired) electrons. The second-order valence-corrected chi connectivity index (χ2v) is 5.97. The van der Waals surface area contributed by atoms with E-state index in [4.69, 9.17) is 4.74 Å². The molecule has 2 saturated heterocycles. The molecule has 2 aliphatic heterocycles. The minimum Gasteiger partial charge on any atom is -0.394 e. The van der Waals surface area contributed by atoms with Crippen molar-refractivity contribution in [3.63, 3.8) is 0 Å². The number of hydrogen-bond acceptors (Lipinski definition) is 4. The van der Waals surface area contributed by atoms with Gasteiger partial charge in [0, 0.05) is 26.2 Å². The van der Waals surface area contributed by atoms with Crippen LogP contribution < -0.4 is 0 Å². The molecule has 2 rings (SSSR count). The van der Waals surface area contributed by atoms with E-state index >= 15 is 0 Å². The van der Waals surface area contributed by atoms with Gasteiger partial charge in [0.25, 0.3) is 0 Å². The first-order valence-corrected chi connectivity index (χ1v) is 6.82. The molecule has 0 aromatic heterocycles. The zero-order chi connectivity index (χ0) is 12.3. The third kappa shape index (κ3) is 3.91. The van der Waals surface area contributed by atoms with Gasteiger partial charge in [-0.3, -0.25) is 4.90 Å². The number of likely N-dealkylation sites (tertiary alicyclic amines) is 1. The molecule has 1 atom stereocenters. The summed E-state index contributed by atoms with van der Waals surface area (Å²) in [5.41, 5.74) is -0.128. The third-order valence-corrected chi connectivity index (χ3v) is 3.69. The van der Waals surface area contributed by atoms with Crippen LogP contribution in [0.3, 0.4) is 0 Å². The summed E-state index contributed by atoms with van der Waals surface area (Å²) in [5.74, 6) is 0. The number of aliphatic hydroxyl groups is 1. The van der Waals surface area contributed by atoms with Crippen LogP contribution in [-0.2, 0) is 4.74 Å². The maximum atomic E-state index is 9.26. The van der Waals surface area contributed by atoms with Crippen molar-refractivity contribution in [3.8, 4) is 0 Å². The van der Waals surface area contributed by atoms with Gasteiger partial charge in [-0.05, 0) is 39.8 Å². The maximum Gasteiger partial charge on any atom is 0.0940 e. The lowest BCUT2D eigenvalue weighted by Gasteiger charge is -2.42. The highest BCUT2D eigenvalue weighted by Gasteiger charge is 2.32. The van der Waals surface area contributed by atoms with Crippen LogP contribution in [0.2, 0.25) is 0 Å². The molecule has 0 aliphatic carbocycles. The summed E-state index contributed by atoms with van der Waals surface area (Å²) in [6, 6.07) is 0. The number of aliphatic hydroxyl groups excluding tert-OH is 1. The van der Waals surface area contributed by atoms with Gasteiger partial charge in [0.15, 0.2) is 0 Å². The van der Waals surface area contributed by atoms with E-state index in [1.165, 1.54) is 25.9 Å². The van der Waals surface area contributed by atoms with Gasteiger partial charge in [0.1, 0.15) is 0 Å². The molecule has 2 fully saturated rings. The summed E-state index contributed by atoms with van der Waals surface area (Å²) in [6.45, 7) is 11.0. The molecule has 0 aromatic carbocycles. The molecule has 0 aromatic rings. The summed E-state index contributed by atoms with van der Waals surface area (Å²) >= 11 is 0. The van der Waals surface area contributed by atoms with E-state index in [-0.39, 0.29) is 18.3 Å². The van der Waals surface area contributed by atoms with Crippen LogP contribution in [0, 0.1) is 0 Å². The lowest BCUT2D eigenvalue weighted by molar-refractivity contribution is -0.149. The Morgan fingerprint density at radius 2 is 1.82 bits per heavy atom. The third-order valence-electron chi connectivity index (χ3n) is 3.69. The molecule has 0 saturated carbocycles. The summed E-state index contributed by atoms with van der Waals surface area (Å²) in [5, 5.41) is 9.26. The Balaban J connectivity index is 1.78. The van der Waals surface area contributed by atoms with E-state index in [1.54, 1.807) is 0 Å². The highest BCUT2D eigenvalue weighted by Crippen LogP contribution is 2.20. The highest BCUT2D eigenvalue weighted by atomic mass is 16.5. The van der Waals surface area contributed by atoms with E-state index in [1.807, 2.05) is 0 Å². The molecule has 1 N–H and O–H groups in total. The first-order valence-electron chi connectivity index (χ1n) is 6.82. The first kappa shape index (κ1) is 13.3. The molecule has 4 nitrogen and oxygen atoms in total. The lowest BCUT2D eigenvalue weighted by atomic mass is 10.1. The van der Waals surface area contributed by atoms with Crippen LogP contribution in [0.5, 0.6) is 0 Å². The molecule has 100 valence electrons. The Hall–Kier alpha value is -0.160. The predicted octanol–water partition coefficient (Wildman–Crippen LogP) is 0.554. The van der Waals surface area contributed by atoms with Gasteiger partial charge in [-0.15, -0.1) is 0 Å². The van der Waals surface area contributed by atoms with Gasteiger partial charge in [-0.1, -0.05) is 0 Å². The number of ether oxygens (including phenoxy) is 1. The second kappa shape index (κ2) is 5.65. The van der Waals surface area contributed by atoms with E-state index in [0.717, 1.165) is 26.2 Å². The quantitative estimate of drug-likeness (QED) is 0.781. The summed E-state index contributed by atoms with van der Waals surface area (Å²) in [7, 11) is 0. The van der Waals surface area contributed by atoms with Crippen LogP contribution in [0.4, 0.5) is 0 Å². The molecule has 2 heterocycles. The van der Waals surface area contributed by atoms with Gasteiger partial charge < -0.3 is 14.7 Å². The first-order chi connectivity index (χ1) is 8.09. The standard InChI is InChI=1S/C13H26N2O2/c1-13(2)11-15(9-12(10-16)17-13)8-7-14-5-3-4-6-14/h12,16H,3-11H2,1-2H3. The molecular formula is C13H26N2O2. The van der Waals surface area contributed by atoms with Gasteiger partial charge in [0.2, 0.25) is 0 Å². The van der Waals surface area contributed by atoms with E-state index in [2.05, 4.69) is 23.6 Å². The van der Waals surface area contributed by atoms with Gasteiger partial charge >= 0.3 is 0 Å². The predicted molar refractivity (Wildman–Crippen MR) is 68.2 cm³/mol. The smallest absolute Gasteiger partial charge is 0.0940 e. The number of nitrogens with zero attached hydrogens (tertiary/aromatic N) is 2. The fraction of sp³-hybridized carbons (Fsp3) is 1.00. The van der Waals surface area contributed by atoms with Gasteiger partial charge in [-0.25, -0.2) is 0 Å². The second-order valence-electron chi connectivity index (χ2n) is 5.97. The van der Waals surface area contributed by atoms with Crippen LogP contribution in [0.1, 0.15) is 26.7 Å². The van der Waals surface area contributed by atoms with E-state index < -0.39 is 0 Å². The van der Waals surface area contributed by atoms with E-state index in [0.29, 0.717) is 0 Å². The number of morpholine rings is 1. The molecule has 1 unspecified atom stereocenters. The molecule has 0 amide bonds. The summed E-state index contributed by atoms with van der Waals surface area (Å²) in [4.78, 5) is 4.97. The Kier molecular flexibility index (Phi) is 4.42. The average Bonchev–Trinajstić information content (AvgIpc) is 2.77. The van der Waals surface area contributed by atoms with Crippen molar-refractivity contribution in [2.75, 3.05) is 45.9 Å². The van der Waals surface area contributed by atoms with E-state index in [9.17, 15) is 5.11 Å². The maximum absolute atomic E-state index is 9.26. The van der Waals surface area contributed by atoms with Crippen molar-refractivity contribution in [1.29, 1.82) is 0 Å². The number of rotatable bonds is 4. The minimum absolute atomic E-state index is 0.0164. The summed E-state index contributed by atoms with van der Waals surface area (Å²) < 4.78 is 5.82. The molecular weight excluding hydrogens is 216 g/mol. The van der Waals surface area contributed by atoms with Crippen molar-refractivity contribution in [2.24, 2.45) is 0 Å². The van der Waals surface area contributed by atoms with Crippen LogP contribution in [0.25, 0.3) is 0 Å². The van der Waals surface area contributed by atoms with Gasteiger partial charge in [0.05, 0.1) is 18.3 Å². The van der Waals surface area contributed by atoms with Crippen LogP contribution >= 0.6 is 0 Å². The fourth-order valence-corrected chi connectivity index (χ4v) is 2.97. The Morgan fingerprint density at radius 3 is 2.47 bits per heavy atom. The molecule has 4 heteroatoms. The topological polar surface area (TPSA) is 35.9 Å². The monoisotopic (exact) mass is 242 g/mol. The highest BCUT2D eigenvalue weighted by molar-refractivity contribution is 4.84. The lowest BCUT2D eigenvalue weighted by Crippen LogP contribution is -2.55. The minimum atomic E-state index is -0.128. The Labute approximate surface area is 105 Å². The molecule has 17 heavy (non-hydrogen) atoms. The zero-order valence-electron chi connectivity index (χ0n) is 11.2. The van der Waals surface area contributed by atoms with Crippen molar-refractivity contribution < 1.29 is 9.84 Å². The Morgan fingerprint density at radius 1 is 1.18 bits per heavy atom. The SMILES string of the molecule is CC1(C)CN(CCN2CCCC2)CC(CO)O1. The Bertz CT molecular complexity index is 240. The van der Waals surface area contributed by atoms with Crippen molar-refractivity contribution in [1.82, 2.24) is 9.80 Å². The fourth-order valence-electron chi connectivity index (χ4n) is 2.97. The zero-order valence-corrected chi connectivity index (χ0v) is 11.2. The van der Waals surface area contributed by atoms with Crippen LogP contribution in [0.15, 0.2) is 0 Å². The normalized spacial score (nSPS) is 30.9. The van der Waals surface area contributed by atoms with Crippen molar-refractivity contribution in [3.05, 3.63) is 0 Å². The van der Waals surface area contributed by atoms with Crippen molar-refractivity contribution >= 4 is 0 Å². The summed E-state index contributed by atoms with van der Waals surface area (Å²) in [6.07, 6.45) is 2.69. The van der Waals surface area contributed by atoms with Crippen molar-refractivity contribution in [2.45, 2.75) is 38.4 Å². The molecule has 0 spiro atoms. The van der Waals surface area contributed by atoms with Crippen LogP contribution in [-0.4, -0.2) is 72.5 Å². The average molecular weight is 242 g/mol. The molecule has 0 bridgehead atoms.